The molecule has 0 aliphatic rings. The van der Waals surface area contributed by atoms with Crippen LogP contribution in [0.1, 0.15) is 5.56 Å². The fourth-order valence-corrected chi connectivity index (χ4v) is 3.12. The molecule has 1 atom stereocenters. The average molecular weight is 355 g/mol. The summed E-state index contributed by atoms with van der Waals surface area (Å²) in [7, 11) is 1.51. The van der Waals surface area contributed by atoms with Crippen molar-refractivity contribution in [1.82, 2.24) is 10.4 Å². The molecule has 1 aromatic heterocycles. The number of hydrogen-bond acceptors (Lipinski definition) is 6. The van der Waals surface area contributed by atoms with Gasteiger partial charge in [0, 0.05) is 10.9 Å². The Morgan fingerprint density at radius 1 is 1.04 bits per heavy atom. The Morgan fingerprint density at radius 3 is 2.48 bits per heavy atom. The largest absolute Gasteiger partial charge is 0.297 e. The van der Waals surface area contributed by atoms with Crippen molar-refractivity contribution in [3.05, 3.63) is 71.6 Å². The summed E-state index contributed by atoms with van der Waals surface area (Å²) in [5.41, 5.74) is 9.76. The molecule has 2 aromatic carbocycles. The van der Waals surface area contributed by atoms with E-state index in [9.17, 15) is 0 Å². The highest BCUT2D eigenvalue weighted by atomic mass is 32.1. The Balaban J connectivity index is 1.60. The molecular formula is C19H21N3O2S. The number of rotatable bonds is 9. The maximum atomic E-state index is 5.11. The van der Waals surface area contributed by atoms with Gasteiger partial charge in [-0.3, -0.25) is 5.43 Å². The summed E-state index contributed by atoms with van der Waals surface area (Å²) in [6, 6.07) is 20.4. The van der Waals surface area contributed by atoms with E-state index in [2.05, 4.69) is 40.1 Å². The molecule has 130 valence electrons. The van der Waals surface area contributed by atoms with E-state index in [-0.39, 0.29) is 6.04 Å². The van der Waals surface area contributed by atoms with Crippen molar-refractivity contribution in [2.75, 3.05) is 19.1 Å². The minimum absolute atomic E-state index is 0.0476. The monoisotopic (exact) mass is 355 g/mol. The van der Waals surface area contributed by atoms with Crippen molar-refractivity contribution in [2.45, 2.75) is 12.5 Å². The quantitative estimate of drug-likeness (QED) is 0.450. The third-order valence-corrected chi connectivity index (χ3v) is 4.43. The molecule has 1 unspecified atom stereocenters. The van der Waals surface area contributed by atoms with Gasteiger partial charge >= 0.3 is 0 Å². The fraction of sp³-hybridized carbons (Fsp3) is 0.211. The van der Waals surface area contributed by atoms with E-state index in [0.717, 1.165) is 22.8 Å². The van der Waals surface area contributed by atoms with Crippen LogP contribution in [0.5, 0.6) is 0 Å². The summed E-state index contributed by atoms with van der Waals surface area (Å²) in [6.45, 7) is 0.426. The minimum atomic E-state index is 0.0476. The van der Waals surface area contributed by atoms with Crippen LogP contribution in [0, 0.1) is 0 Å². The summed E-state index contributed by atoms with van der Waals surface area (Å²) in [4.78, 5) is 14.5. The first-order valence-electron chi connectivity index (χ1n) is 8.07. The second-order valence-electron chi connectivity index (χ2n) is 5.51. The van der Waals surface area contributed by atoms with Crippen molar-refractivity contribution >= 4 is 16.5 Å². The lowest BCUT2D eigenvalue weighted by molar-refractivity contribution is -0.275. The zero-order valence-electron chi connectivity index (χ0n) is 14.0. The van der Waals surface area contributed by atoms with Crippen LogP contribution in [0.2, 0.25) is 0 Å². The van der Waals surface area contributed by atoms with Gasteiger partial charge in [-0.1, -0.05) is 60.7 Å². The first-order valence-corrected chi connectivity index (χ1v) is 8.95. The Hall–Kier alpha value is -2.25. The standard InChI is InChI=1S/C19H21N3O2S/c1-23-24-13-17(12-15-8-4-2-5-9-15)21-22-19-20-18(14-25-19)16-10-6-3-7-11-16/h2-11,14,17,21H,12-13H2,1H3,(H,20,22). The van der Waals surface area contributed by atoms with Gasteiger partial charge in [0.05, 0.1) is 25.5 Å². The van der Waals surface area contributed by atoms with E-state index in [4.69, 9.17) is 9.78 Å². The molecule has 0 saturated heterocycles. The van der Waals surface area contributed by atoms with E-state index in [0.29, 0.717) is 6.61 Å². The topological polar surface area (TPSA) is 55.4 Å². The SMILES string of the molecule is COOCC(Cc1ccccc1)NNc1nc(-c2ccccc2)cs1. The van der Waals surface area contributed by atoms with Crippen LogP contribution in [0.3, 0.4) is 0 Å². The number of aromatic nitrogens is 1. The van der Waals surface area contributed by atoms with Crippen molar-refractivity contribution in [1.29, 1.82) is 0 Å². The van der Waals surface area contributed by atoms with E-state index >= 15 is 0 Å². The lowest BCUT2D eigenvalue weighted by atomic mass is 10.1. The molecule has 3 aromatic rings. The van der Waals surface area contributed by atoms with Gasteiger partial charge in [-0.05, 0) is 12.0 Å². The van der Waals surface area contributed by atoms with Crippen molar-refractivity contribution in [3.63, 3.8) is 0 Å². The summed E-state index contributed by atoms with van der Waals surface area (Å²) < 4.78 is 0. The third-order valence-electron chi connectivity index (χ3n) is 3.67. The minimum Gasteiger partial charge on any atom is -0.297 e. The first kappa shape index (κ1) is 17.6. The smallest absolute Gasteiger partial charge is 0.197 e. The molecule has 0 spiro atoms. The predicted molar refractivity (Wildman–Crippen MR) is 101 cm³/mol. The van der Waals surface area contributed by atoms with Gasteiger partial charge in [0.15, 0.2) is 5.13 Å². The fourth-order valence-electron chi connectivity index (χ4n) is 2.44. The van der Waals surface area contributed by atoms with Gasteiger partial charge in [-0.15, -0.1) is 11.3 Å². The highest BCUT2D eigenvalue weighted by Gasteiger charge is 2.11. The number of nitrogens with zero attached hydrogens (tertiary/aromatic N) is 1. The predicted octanol–water partition coefficient (Wildman–Crippen LogP) is 3.92. The number of nitrogens with one attached hydrogen (secondary N) is 2. The molecule has 0 radical (unpaired) electrons. The van der Waals surface area contributed by atoms with Gasteiger partial charge in [-0.25, -0.2) is 20.2 Å². The second-order valence-corrected chi connectivity index (χ2v) is 6.37. The van der Waals surface area contributed by atoms with Crippen LogP contribution in [0.4, 0.5) is 5.13 Å². The molecule has 0 aliphatic carbocycles. The van der Waals surface area contributed by atoms with Crippen molar-refractivity contribution in [3.8, 4) is 11.3 Å². The highest BCUT2D eigenvalue weighted by Crippen LogP contribution is 2.24. The molecule has 0 aliphatic heterocycles. The summed E-state index contributed by atoms with van der Waals surface area (Å²) >= 11 is 1.56. The molecule has 0 saturated carbocycles. The highest BCUT2D eigenvalue weighted by molar-refractivity contribution is 7.14. The number of anilines is 1. The molecule has 0 fully saturated rings. The van der Waals surface area contributed by atoms with E-state index in [1.54, 1.807) is 11.3 Å². The zero-order chi connectivity index (χ0) is 17.3. The number of thiazole rings is 1. The van der Waals surface area contributed by atoms with Crippen LogP contribution in [0.25, 0.3) is 11.3 Å². The summed E-state index contributed by atoms with van der Waals surface area (Å²) in [6.07, 6.45) is 0.814. The Morgan fingerprint density at radius 2 is 1.76 bits per heavy atom. The van der Waals surface area contributed by atoms with Gasteiger partial charge in [0.1, 0.15) is 0 Å². The Kier molecular flexibility index (Phi) is 6.53. The Bertz CT molecular complexity index is 750. The van der Waals surface area contributed by atoms with E-state index in [1.807, 2.05) is 41.8 Å². The molecule has 0 bridgehead atoms. The molecule has 25 heavy (non-hydrogen) atoms. The van der Waals surface area contributed by atoms with E-state index < -0.39 is 0 Å². The number of hydrogen-bond donors (Lipinski definition) is 2. The molecule has 3 rings (SSSR count). The molecule has 1 heterocycles. The van der Waals surface area contributed by atoms with Crippen LogP contribution in [-0.2, 0) is 16.2 Å². The number of benzene rings is 2. The molecular weight excluding hydrogens is 334 g/mol. The Labute approximate surface area is 151 Å². The molecule has 0 amide bonds. The van der Waals surface area contributed by atoms with Gasteiger partial charge in [0.25, 0.3) is 0 Å². The average Bonchev–Trinajstić information content (AvgIpc) is 3.14. The normalized spacial score (nSPS) is 12.0. The zero-order valence-corrected chi connectivity index (χ0v) is 14.8. The molecule has 2 N–H and O–H groups in total. The first-order chi connectivity index (χ1) is 12.3. The van der Waals surface area contributed by atoms with Crippen LogP contribution in [0.15, 0.2) is 66.0 Å². The summed E-state index contributed by atoms with van der Waals surface area (Å²) in [5.74, 6) is 0. The third kappa shape index (κ3) is 5.37. The summed E-state index contributed by atoms with van der Waals surface area (Å²) in [5, 5.41) is 2.85. The molecule has 5 nitrogen and oxygen atoms in total. The van der Waals surface area contributed by atoms with Gasteiger partial charge in [0.2, 0.25) is 0 Å². The lowest BCUT2D eigenvalue weighted by Gasteiger charge is -2.18. The van der Waals surface area contributed by atoms with Crippen molar-refractivity contribution in [2.24, 2.45) is 0 Å². The van der Waals surface area contributed by atoms with Crippen LogP contribution in [-0.4, -0.2) is 24.7 Å². The van der Waals surface area contributed by atoms with Crippen LogP contribution < -0.4 is 10.9 Å². The maximum Gasteiger partial charge on any atom is 0.197 e. The lowest BCUT2D eigenvalue weighted by Crippen LogP contribution is -2.39. The van der Waals surface area contributed by atoms with Crippen molar-refractivity contribution < 1.29 is 9.78 Å². The molecule has 6 heteroatoms. The van der Waals surface area contributed by atoms with Gasteiger partial charge < -0.3 is 0 Å². The van der Waals surface area contributed by atoms with Crippen LogP contribution >= 0.6 is 11.3 Å². The van der Waals surface area contributed by atoms with Gasteiger partial charge in [-0.2, -0.15) is 0 Å². The van der Waals surface area contributed by atoms with E-state index in [1.165, 1.54) is 12.7 Å². The number of hydrazine groups is 1. The second kappa shape index (κ2) is 9.29. The maximum absolute atomic E-state index is 5.11.